The molecule has 0 N–H and O–H groups in total. The monoisotopic (exact) mass is 269 g/mol. The summed E-state index contributed by atoms with van der Waals surface area (Å²) in [7, 11) is 0. The van der Waals surface area contributed by atoms with Crippen LogP contribution in [0.25, 0.3) is 5.70 Å². The van der Waals surface area contributed by atoms with Crippen LogP contribution in [0.2, 0.25) is 0 Å². The molecule has 1 aromatic carbocycles. The quantitative estimate of drug-likeness (QED) is 0.778. The Labute approximate surface area is 117 Å². The number of aromatic nitrogens is 2. The molecule has 0 aliphatic carbocycles. The smallest absolute Gasteiger partial charge is 0.132 e. The molecule has 0 amide bonds. The zero-order valence-corrected chi connectivity index (χ0v) is 11.8. The van der Waals surface area contributed by atoms with Gasteiger partial charge < -0.3 is 4.57 Å². The number of benzene rings is 1. The molecule has 1 aromatic heterocycles. The van der Waals surface area contributed by atoms with E-state index in [1.165, 1.54) is 6.07 Å². The third-order valence-corrected chi connectivity index (χ3v) is 3.77. The second-order valence-electron chi connectivity index (χ2n) is 4.99. The van der Waals surface area contributed by atoms with Gasteiger partial charge in [0.05, 0.1) is 24.1 Å². The summed E-state index contributed by atoms with van der Waals surface area (Å²) in [6.07, 6.45) is 1.83. The van der Waals surface area contributed by atoms with E-state index in [-0.39, 0.29) is 5.82 Å². The van der Waals surface area contributed by atoms with Crippen LogP contribution < -0.4 is 0 Å². The van der Waals surface area contributed by atoms with Gasteiger partial charge in [0.1, 0.15) is 11.6 Å². The van der Waals surface area contributed by atoms with Gasteiger partial charge in [-0.2, -0.15) is 0 Å². The normalized spacial score (nSPS) is 14.9. The third kappa shape index (κ3) is 1.88. The summed E-state index contributed by atoms with van der Waals surface area (Å²) in [6, 6.07) is 6.77. The summed E-state index contributed by atoms with van der Waals surface area (Å²) in [6.45, 7) is 6.48. The number of halogens is 1. The van der Waals surface area contributed by atoms with E-state index in [1.54, 1.807) is 12.1 Å². The summed E-state index contributed by atoms with van der Waals surface area (Å²) in [5.74, 6) is 0.696. The number of allylic oxidation sites excluding steroid dienone is 2. The van der Waals surface area contributed by atoms with E-state index in [0.29, 0.717) is 12.1 Å². The number of hydrogen-bond acceptors (Lipinski definition) is 2. The Balaban J connectivity index is 2.19. The molecule has 0 spiro atoms. The van der Waals surface area contributed by atoms with Gasteiger partial charge in [0, 0.05) is 11.3 Å². The van der Waals surface area contributed by atoms with Crippen LogP contribution in [0.1, 0.15) is 30.9 Å². The molecule has 102 valence electrons. The topological polar surface area (TPSA) is 30.2 Å². The first-order chi connectivity index (χ1) is 9.59. The van der Waals surface area contributed by atoms with Crippen LogP contribution >= 0.6 is 0 Å². The molecule has 2 aromatic rings. The Kier molecular flexibility index (Phi) is 3.01. The molecule has 0 bridgehead atoms. The maximum Gasteiger partial charge on any atom is 0.132 e. The van der Waals surface area contributed by atoms with E-state index < -0.39 is 0 Å². The maximum atomic E-state index is 14.0. The number of aliphatic imine (C=N–C) groups is 1. The lowest BCUT2D eigenvalue weighted by Gasteiger charge is -2.12. The molecule has 0 saturated heterocycles. The first-order valence-electron chi connectivity index (χ1n) is 6.60. The molecule has 3 rings (SSSR count). The Morgan fingerprint density at radius 2 is 1.90 bits per heavy atom. The van der Waals surface area contributed by atoms with Crippen molar-refractivity contribution in [2.24, 2.45) is 4.99 Å². The molecule has 1 aliphatic heterocycles. The van der Waals surface area contributed by atoms with Gasteiger partial charge in [-0.05, 0) is 38.5 Å². The van der Waals surface area contributed by atoms with Gasteiger partial charge in [0.2, 0.25) is 0 Å². The predicted octanol–water partition coefficient (Wildman–Crippen LogP) is 3.58. The largest absolute Gasteiger partial charge is 0.303 e. The van der Waals surface area contributed by atoms with E-state index >= 15 is 0 Å². The lowest BCUT2D eigenvalue weighted by molar-refractivity contribution is 0.625. The van der Waals surface area contributed by atoms with Crippen molar-refractivity contribution in [3.05, 3.63) is 58.9 Å². The Morgan fingerprint density at radius 1 is 1.15 bits per heavy atom. The number of nitrogens with zero attached hydrogens (tertiary/aromatic N) is 3. The van der Waals surface area contributed by atoms with Gasteiger partial charge in [-0.25, -0.2) is 9.37 Å². The van der Waals surface area contributed by atoms with Gasteiger partial charge in [-0.15, -0.1) is 0 Å². The van der Waals surface area contributed by atoms with Crippen molar-refractivity contribution in [3.63, 3.8) is 0 Å². The van der Waals surface area contributed by atoms with E-state index in [1.807, 2.05) is 33.0 Å². The molecule has 0 radical (unpaired) electrons. The SMILES string of the molecule is CC1=C(C)n2c(cnc2C)CN=C1c1ccccc1F. The molecule has 4 heteroatoms. The Bertz CT molecular complexity index is 738. The van der Waals surface area contributed by atoms with Crippen LogP contribution in [0.4, 0.5) is 4.39 Å². The molecule has 3 nitrogen and oxygen atoms in total. The van der Waals surface area contributed by atoms with Crippen LogP contribution in [0.15, 0.2) is 41.0 Å². The zero-order chi connectivity index (χ0) is 14.3. The summed E-state index contributed by atoms with van der Waals surface area (Å²) in [5, 5.41) is 0. The minimum Gasteiger partial charge on any atom is -0.303 e. The number of fused-ring (bicyclic) bond motifs is 1. The second kappa shape index (κ2) is 4.71. The lowest BCUT2D eigenvalue weighted by Crippen LogP contribution is -2.08. The van der Waals surface area contributed by atoms with Gasteiger partial charge in [-0.3, -0.25) is 4.99 Å². The predicted molar refractivity (Wildman–Crippen MR) is 78.2 cm³/mol. The molecule has 20 heavy (non-hydrogen) atoms. The molecule has 0 saturated carbocycles. The zero-order valence-electron chi connectivity index (χ0n) is 11.8. The minimum absolute atomic E-state index is 0.236. The molecule has 1 aliphatic rings. The van der Waals surface area contributed by atoms with E-state index in [9.17, 15) is 4.39 Å². The summed E-state index contributed by atoms with van der Waals surface area (Å²) >= 11 is 0. The highest BCUT2D eigenvalue weighted by Crippen LogP contribution is 2.25. The highest BCUT2D eigenvalue weighted by Gasteiger charge is 2.19. The molecule has 0 atom stereocenters. The fourth-order valence-electron chi connectivity index (χ4n) is 2.62. The van der Waals surface area contributed by atoms with Crippen molar-refractivity contribution in [3.8, 4) is 0 Å². The maximum absolute atomic E-state index is 14.0. The molecular weight excluding hydrogens is 253 g/mol. The lowest BCUT2D eigenvalue weighted by atomic mass is 10.0. The molecule has 2 heterocycles. The van der Waals surface area contributed by atoms with Crippen molar-refractivity contribution >= 4 is 11.4 Å². The standard InChI is InChI=1S/C16H16FN3/c1-10-11(2)20-12(3)18-8-13(20)9-19-16(10)14-6-4-5-7-15(14)17/h4-8H,9H2,1-3H3. The van der Waals surface area contributed by atoms with Crippen molar-refractivity contribution in [2.75, 3.05) is 0 Å². The average molecular weight is 269 g/mol. The van der Waals surface area contributed by atoms with Crippen LogP contribution in [-0.2, 0) is 6.54 Å². The second-order valence-corrected chi connectivity index (χ2v) is 4.99. The molecule has 0 fully saturated rings. The minimum atomic E-state index is -0.236. The highest BCUT2D eigenvalue weighted by atomic mass is 19.1. The van der Waals surface area contributed by atoms with Gasteiger partial charge in [0.25, 0.3) is 0 Å². The summed E-state index contributed by atoms with van der Waals surface area (Å²) in [4.78, 5) is 8.92. The highest BCUT2D eigenvalue weighted by molar-refractivity contribution is 6.15. The van der Waals surface area contributed by atoms with Crippen LogP contribution in [-0.4, -0.2) is 15.3 Å². The van der Waals surface area contributed by atoms with Gasteiger partial charge >= 0.3 is 0 Å². The number of aryl methyl sites for hydroxylation is 1. The van der Waals surface area contributed by atoms with Crippen molar-refractivity contribution in [1.82, 2.24) is 9.55 Å². The first-order valence-corrected chi connectivity index (χ1v) is 6.60. The van der Waals surface area contributed by atoms with Crippen molar-refractivity contribution in [2.45, 2.75) is 27.3 Å². The number of hydrogen-bond donors (Lipinski definition) is 0. The summed E-state index contributed by atoms with van der Waals surface area (Å²) < 4.78 is 16.1. The van der Waals surface area contributed by atoms with Crippen LogP contribution in [0, 0.1) is 12.7 Å². The number of imidazole rings is 1. The Hall–Kier alpha value is -2.23. The van der Waals surface area contributed by atoms with E-state index in [2.05, 4.69) is 14.5 Å². The van der Waals surface area contributed by atoms with Gasteiger partial charge in [-0.1, -0.05) is 12.1 Å². The first kappa shape index (κ1) is 12.8. The number of rotatable bonds is 1. The average Bonchev–Trinajstić information content (AvgIpc) is 2.75. The molecule has 0 unspecified atom stereocenters. The van der Waals surface area contributed by atoms with Crippen molar-refractivity contribution in [1.29, 1.82) is 0 Å². The summed E-state index contributed by atoms with van der Waals surface area (Å²) in [5.41, 5.74) is 4.35. The Morgan fingerprint density at radius 3 is 2.65 bits per heavy atom. The fourth-order valence-corrected chi connectivity index (χ4v) is 2.62. The van der Waals surface area contributed by atoms with Crippen LogP contribution in [0.3, 0.4) is 0 Å². The fraction of sp³-hybridized carbons (Fsp3) is 0.250. The van der Waals surface area contributed by atoms with E-state index in [4.69, 9.17) is 0 Å². The molecular formula is C16H16FN3. The van der Waals surface area contributed by atoms with Crippen LogP contribution in [0.5, 0.6) is 0 Å². The van der Waals surface area contributed by atoms with E-state index in [0.717, 1.165) is 28.5 Å². The van der Waals surface area contributed by atoms with Gasteiger partial charge in [0.15, 0.2) is 0 Å². The third-order valence-electron chi connectivity index (χ3n) is 3.77. The van der Waals surface area contributed by atoms with Crippen molar-refractivity contribution < 1.29 is 4.39 Å².